The van der Waals surface area contributed by atoms with E-state index in [1.807, 2.05) is 0 Å². The first kappa shape index (κ1) is 14.9. The van der Waals surface area contributed by atoms with Crippen molar-refractivity contribution in [2.24, 2.45) is 0 Å². The first-order valence-corrected chi connectivity index (χ1v) is 6.72. The van der Waals surface area contributed by atoms with Gasteiger partial charge in [-0.3, -0.25) is 4.79 Å². The van der Waals surface area contributed by atoms with Gasteiger partial charge < -0.3 is 15.4 Å². The van der Waals surface area contributed by atoms with Gasteiger partial charge in [0.2, 0.25) is 0 Å². The van der Waals surface area contributed by atoms with E-state index in [0.29, 0.717) is 6.61 Å². The van der Waals surface area contributed by atoms with Crippen LogP contribution >= 0.6 is 0 Å². The van der Waals surface area contributed by atoms with Crippen molar-refractivity contribution >= 4 is 5.91 Å². The highest BCUT2D eigenvalue weighted by molar-refractivity contribution is 5.94. The summed E-state index contributed by atoms with van der Waals surface area (Å²) in [6, 6.07) is 2.81. The van der Waals surface area contributed by atoms with Crippen LogP contribution in [0.5, 0.6) is 0 Å². The van der Waals surface area contributed by atoms with E-state index in [1.54, 1.807) is 0 Å². The summed E-state index contributed by atoms with van der Waals surface area (Å²) >= 11 is 0. The molecule has 0 saturated carbocycles. The third kappa shape index (κ3) is 4.25. The molecule has 2 N–H and O–H groups in total. The molecule has 1 aromatic carbocycles. The maximum atomic E-state index is 13.4. The van der Waals surface area contributed by atoms with Crippen LogP contribution in [0.3, 0.4) is 0 Å². The van der Waals surface area contributed by atoms with Crippen molar-refractivity contribution in [2.75, 3.05) is 26.2 Å². The van der Waals surface area contributed by atoms with E-state index in [2.05, 4.69) is 10.6 Å². The molecule has 0 bridgehead atoms. The minimum atomic E-state index is -0.733. The maximum Gasteiger partial charge on any atom is 0.254 e. The number of rotatable bonds is 5. The molecule has 1 heterocycles. The highest BCUT2D eigenvalue weighted by atomic mass is 19.1. The monoisotopic (exact) mass is 284 g/mol. The van der Waals surface area contributed by atoms with E-state index in [9.17, 15) is 13.6 Å². The van der Waals surface area contributed by atoms with Crippen LogP contribution in [0, 0.1) is 11.6 Å². The minimum absolute atomic E-state index is 0.207. The van der Waals surface area contributed by atoms with E-state index in [1.165, 1.54) is 0 Å². The van der Waals surface area contributed by atoms with Gasteiger partial charge in [0.1, 0.15) is 11.6 Å². The van der Waals surface area contributed by atoms with E-state index >= 15 is 0 Å². The zero-order chi connectivity index (χ0) is 14.4. The highest BCUT2D eigenvalue weighted by Crippen LogP contribution is 2.09. The fourth-order valence-electron chi connectivity index (χ4n) is 2.12. The third-order valence-corrected chi connectivity index (χ3v) is 3.20. The van der Waals surface area contributed by atoms with Crippen molar-refractivity contribution < 1.29 is 18.3 Å². The predicted molar refractivity (Wildman–Crippen MR) is 70.5 cm³/mol. The Labute approximate surface area is 116 Å². The van der Waals surface area contributed by atoms with Crippen LogP contribution in [0.2, 0.25) is 0 Å². The number of amides is 1. The van der Waals surface area contributed by atoms with Gasteiger partial charge in [-0.25, -0.2) is 8.78 Å². The van der Waals surface area contributed by atoms with Crippen LogP contribution in [0.1, 0.15) is 23.2 Å². The summed E-state index contributed by atoms with van der Waals surface area (Å²) in [6.07, 6.45) is 2.11. The summed E-state index contributed by atoms with van der Waals surface area (Å²) in [7, 11) is 0. The highest BCUT2D eigenvalue weighted by Gasteiger charge is 2.14. The van der Waals surface area contributed by atoms with Gasteiger partial charge in [0.25, 0.3) is 5.91 Å². The standard InChI is InChI=1S/C14H18F2N2O2/c15-10-1-2-13(16)12(9-10)14(19)18-7-8-20-11-3-5-17-6-4-11/h1-2,9,11,17H,3-8H2,(H,18,19). The Morgan fingerprint density at radius 2 is 2.10 bits per heavy atom. The lowest BCUT2D eigenvalue weighted by molar-refractivity contribution is 0.0343. The molecule has 0 aliphatic carbocycles. The number of halogens is 2. The molecule has 1 aromatic rings. The van der Waals surface area contributed by atoms with Gasteiger partial charge in [-0.2, -0.15) is 0 Å². The van der Waals surface area contributed by atoms with E-state index in [-0.39, 0.29) is 18.2 Å². The first-order chi connectivity index (χ1) is 9.66. The van der Waals surface area contributed by atoms with Gasteiger partial charge in [0, 0.05) is 6.54 Å². The second kappa shape index (κ2) is 7.31. The van der Waals surface area contributed by atoms with Crippen LogP contribution < -0.4 is 10.6 Å². The number of carbonyl (C=O) groups excluding carboxylic acids is 1. The molecule has 1 aliphatic rings. The molecule has 1 amide bonds. The Hall–Kier alpha value is -1.53. The summed E-state index contributed by atoms with van der Waals surface area (Å²) in [4.78, 5) is 11.7. The lowest BCUT2D eigenvalue weighted by Crippen LogP contribution is -2.35. The fraction of sp³-hybridized carbons (Fsp3) is 0.500. The molecule has 0 unspecified atom stereocenters. The molecule has 20 heavy (non-hydrogen) atoms. The second-order valence-electron chi connectivity index (χ2n) is 4.70. The Morgan fingerprint density at radius 1 is 1.35 bits per heavy atom. The molecule has 0 atom stereocenters. The number of carbonyl (C=O) groups is 1. The SMILES string of the molecule is O=C(NCCOC1CCNCC1)c1cc(F)ccc1F. The molecule has 1 fully saturated rings. The zero-order valence-electron chi connectivity index (χ0n) is 11.1. The number of benzene rings is 1. The summed E-state index contributed by atoms with van der Waals surface area (Å²) in [5, 5.41) is 5.75. The predicted octanol–water partition coefficient (Wildman–Crippen LogP) is 1.46. The molecule has 0 aromatic heterocycles. The average molecular weight is 284 g/mol. The van der Waals surface area contributed by atoms with Gasteiger partial charge in [0.05, 0.1) is 18.3 Å². The summed E-state index contributed by atoms with van der Waals surface area (Å²) < 4.78 is 31.9. The van der Waals surface area contributed by atoms with Crippen molar-refractivity contribution in [3.63, 3.8) is 0 Å². The topological polar surface area (TPSA) is 50.4 Å². The minimum Gasteiger partial charge on any atom is -0.376 e. The van der Waals surface area contributed by atoms with Gasteiger partial charge in [-0.05, 0) is 44.1 Å². The summed E-state index contributed by atoms with van der Waals surface area (Å²) in [5.74, 6) is -2.00. The van der Waals surface area contributed by atoms with E-state index < -0.39 is 17.5 Å². The maximum absolute atomic E-state index is 13.4. The van der Waals surface area contributed by atoms with Crippen molar-refractivity contribution in [2.45, 2.75) is 18.9 Å². The number of nitrogens with one attached hydrogen (secondary N) is 2. The number of hydrogen-bond acceptors (Lipinski definition) is 3. The van der Waals surface area contributed by atoms with Crippen molar-refractivity contribution in [1.29, 1.82) is 0 Å². The molecule has 110 valence electrons. The Morgan fingerprint density at radius 3 is 2.85 bits per heavy atom. The average Bonchev–Trinajstić information content (AvgIpc) is 2.47. The first-order valence-electron chi connectivity index (χ1n) is 6.72. The Kier molecular flexibility index (Phi) is 5.43. The van der Waals surface area contributed by atoms with Crippen molar-refractivity contribution in [3.05, 3.63) is 35.4 Å². The molecular formula is C14H18F2N2O2. The smallest absolute Gasteiger partial charge is 0.254 e. The Bertz CT molecular complexity index is 462. The lowest BCUT2D eigenvalue weighted by atomic mass is 10.1. The normalized spacial score (nSPS) is 16.1. The Balaban J connectivity index is 1.73. The van der Waals surface area contributed by atoms with E-state index in [0.717, 1.165) is 44.1 Å². The van der Waals surface area contributed by atoms with Crippen molar-refractivity contribution in [3.8, 4) is 0 Å². The van der Waals surface area contributed by atoms with E-state index in [4.69, 9.17) is 4.74 Å². The molecule has 1 saturated heterocycles. The van der Waals surface area contributed by atoms with Gasteiger partial charge in [0.15, 0.2) is 0 Å². The third-order valence-electron chi connectivity index (χ3n) is 3.20. The van der Waals surface area contributed by atoms with Crippen LogP contribution in [-0.2, 0) is 4.74 Å². The second-order valence-corrected chi connectivity index (χ2v) is 4.70. The molecule has 0 spiro atoms. The number of piperidine rings is 1. The molecule has 6 heteroatoms. The van der Waals surface area contributed by atoms with Crippen LogP contribution in [0.15, 0.2) is 18.2 Å². The van der Waals surface area contributed by atoms with Crippen LogP contribution in [0.25, 0.3) is 0 Å². The van der Waals surface area contributed by atoms with Gasteiger partial charge in [-0.1, -0.05) is 0 Å². The van der Waals surface area contributed by atoms with Gasteiger partial charge >= 0.3 is 0 Å². The molecule has 2 rings (SSSR count). The quantitative estimate of drug-likeness (QED) is 0.805. The zero-order valence-corrected chi connectivity index (χ0v) is 11.1. The largest absolute Gasteiger partial charge is 0.376 e. The van der Waals surface area contributed by atoms with Crippen molar-refractivity contribution in [1.82, 2.24) is 10.6 Å². The molecule has 1 aliphatic heterocycles. The van der Waals surface area contributed by atoms with Crippen LogP contribution in [-0.4, -0.2) is 38.3 Å². The van der Waals surface area contributed by atoms with Crippen LogP contribution in [0.4, 0.5) is 8.78 Å². The van der Waals surface area contributed by atoms with Gasteiger partial charge in [-0.15, -0.1) is 0 Å². The molecule has 0 radical (unpaired) electrons. The summed E-state index contributed by atoms with van der Waals surface area (Å²) in [6.45, 7) is 2.52. The summed E-state index contributed by atoms with van der Waals surface area (Å²) in [5.41, 5.74) is -0.285. The molecule has 4 nitrogen and oxygen atoms in total. The number of ether oxygens (including phenoxy) is 1. The fourth-order valence-corrected chi connectivity index (χ4v) is 2.12. The number of hydrogen-bond donors (Lipinski definition) is 2. The molecular weight excluding hydrogens is 266 g/mol. The lowest BCUT2D eigenvalue weighted by Gasteiger charge is -2.22.